The van der Waals surface area contributed by atoms with Gasteiger partial charge in [-0.3, -0.25) is 14.5 Å². The first kappa shape index (κ1) is 29.7. The standard InChI is InChI=1S/C26H32F3N9O6/c1-23(2)6-7-44-17-12(4-3-5-13(17)23)19(40)33-15-9-38-21(31)32-14(18-25(38,26(15,42)43)35-20(30)34-18)8-37-16(39)10-36(22(37)41)11-24(27,28)29/h3-5,14-15,18,42-43H,6-11H2,1-2H3,(H2,31,32)(H,33,40)(H3,30,34,35)/t14-,15?,18-,25?/m0/s1. The summed E-state index contributed by atoms with van der Waals surface area (Å²) in [5, 5.41) is 28.8. The lowest BCUT2D eigenvalue weighted by molar-refractivity contribution is -0.230. The average molecular weight is 624 g/mol. The van der Waals surface area contributed by atoms with Crippen LogP contribution in [0.1, 0.15) is 36.2 Å². The number of imide groups is 1. The maximum atomic E-state index is 13.6. The average Bonchev–Trinajstić information content (AvgIpc) is 3.48. The molecular formula is C26H32F3N9O6. The van der Waals surface area contributed by atoms with Gasteiger partial charge in [0.15, 0.2) is 17.6 Å². The van der Waals surface area contributed by atoms with Gasteiger partial charge in [-0.2, -0.15) is 13.2 Å². The van der Waals surface area contributed by atoms with Gasteiger partial charge in [-0.25, -0.2) is 14.8 Å². The van der Waals surface area contributed by atoms with Crippen LogP contribution in [0.15, 0.2) is 28.2 Å². The van der Waals surface area contributed by atoms with Crippen LogP contribution in [0.2, 0.25) is 0 Å². The quantitative estimate of drug-likeness (QED) is 0.162. The smallest absolute Gasteiger partial charge is 0.406 e. The van der Waals surface area contributed by atoms with Gasteiger partial charge in [-0.1, -0.05) is 26.0 Å². The molecule has 5 heterocycles. The predicted molar refractivity (Wildman–Crippen MR) is 146 cm³/mol. The van der Waals surface area contributed by atoms with Crippen LogP contribution in [-0.2, 0) is 10.2 Å². The summed E-state index contributed by atoms with van der Waals surface area (Å²) in [6, 6.07) is 0.0198. The van der Waals surface area contributed by atoms with Crippen molar-refractivity contribution < 1.29 is 42.5 Å². The van der Waals surface area contributed by atoms with Gasteiger partial charge in [0.05, 0.1) is 24.8 Å². The summed E-state index contributed by atoms with van der Waals surface area (Å²) in [7, 11) is 0. The number of carbonyl (C=O) groups excluding carboxylic acids is 3. The largest absolute Gasteiger partial charge is 0.492 e. The Kier molecular flexibility index (Phi) is 6.48. The molecule has 1 spiro atoms. The highest BCUT2D eigenvalue weighted by molar-refractivity contribution is 6.02. The summed E-state index contributed by atoms with van der Waals surface area (Å²) in [6.07, 6.45) is -3.99. The van der Waals surface area contributed by atoms with Gasteiger partial charge < -0.3 is 46.9 Å². The lowest BCUT2D eigenvalue weighted by Crippen LogP contribution is -2.78. The maximum Gasteiger partial charge on any atom is 0.406 e. The Balaban J connectivity index is 1.28. The number of nitrogens with two attached hydrogens (primary N) is 2. The monoisotopic (exact) mass is 623 g/mol. The van der Waals surface area contributed by atoms with E-state index < -0.39 is 73.2 Å². The van der Waals surface area contributed by atoms with Crippen molar-refractivity contribution in [3.05, 3.63) is 29.3 Å². The van der Waals surface area contributed by atoms with E-state index in [2.05, 4.69) is 20.6 Å². The summed E-state index contributed by atoms with van der Waals surface area (Å²) in [4.78, 5) is 49.6. The Morgan fingerprint density at radius 3 is 2.66 bits per heavy atom. The fraction of sp³-hybridized carbons (Fsp3) is 0.577. The number of ether oxygens (including phenoxy) is 1. The number of rotatable bonds is 5. The Morgan fingerprint density at radius 2 is 1.95 bits per heavy atom. The molecule has 4 amide bonds. The van der Waals surface area contributed by atoms with Gasteiger partial charge >= 0.3 is 12.2 Å². The minimum Gasteiger partial charge on any atom is -0.492 e. The van der Waals surface area contributed by atoms with Crippen LogP contribution in [-0.4, -0.2) is 123 Å². The van der Waals surface area contributed by atoms with E-state index in [1.54, 1.807) is 12.1 Å². The Bertz CT molecular complexity index is 1500. The van der Waals surface area contributed by atoms with Crippen LogP contribution in [0.25, 0.3) is 0 Å². The molecule has 4 atom stereocenters. The van der Waals surface area contributed by atoms with Gasteiger partial charge in [0.25, 0.3) is 5.91 Å². The summed E-state index contributed by atoms with van der Waals surface area (Å²) in [6.45, 7) is 1.20. The van der Waals surface area contributed by atoms with Crippen LogP contribution in [0, 0.1) is 0 Å². The number of fused-ring (bicyclic) bond motifs is 1. The summed E-state index contributed by atoms with van der Waals surface area (Å²) in [5.41, 5.74) is 11.0. The maximum absolute atomic E-state index is 13.6. The second-order valence-electron chi connectivity index (χ2n) is 12.2. The highest BCUT2D eigenvalue weighted by Gasteiger charge is 2.73. The zero-order valence-corrected chi connectivity index (χ0v) is 23.8. The van der Waals surface area contributed by atoms with Crippen molar-refractivity contribution in [1.82, 2.24) is 25.3 Å². The number of aliphatic hydroxyl groups is 2. The highest BCUT2D eigenvalue weighted by Crippen LogP contribution is 2.46. The molecule has 238 valence electrons. The fourth-order valence-corrected chi connectivity index (χ4v) is 6.72. The second-order valence-corrected chi connectivity index (χ2v) is 12.2. The van der Waals surface area contributed by atoms with Gasteiger partial charge in [0.1, 0.15) is 30.9 Å². The number of urea groups is 1. The van der Waals surface area contributed by atoms with Crippen molar-refractivity contribution in [2.45, 2.75) is 61.4 Å². The number of nitrogens with one attached hydrogen (secondary N) is 2. The number of hydrogen-bond donors (Lipinski definition) is 6. The molecule has 1 aromatic carbocycles. The van der Waals surface area contributed by atoms with E-state index in [1.807, 2.05) is 19.9 Å². The molecule has 5 aliphatic rings. The first-order chi connectivity index (χ1) is 20.5. The van der Waals surface area contributed by atoms with Crippen molar-refractivity contribution in [1.29, 1.82) is 0 Å². The van der Waals surface area contributed by atoms with Crippen molar-refractivity contribution in [3.63, 3.8) is 0 Å². The molecule has 6 rings (SSSR count). The third kappa shape index (κ3) is 4.37. The number of para-hydroxylation sites is 1. The third-order valence-electron chi connectivity index (χ3n) is 8.94. The van der Waals surface area contributed by atoms with Gasteiger partial charge in [-0.15, -0.1) is 0 Å². The van der Waals surface area contributed by atoms with E-state index in [1.165, 1.54) is 4.90 Å². The lowest BCUT2D eigenvalue weighted by Gasteiger charge is -2.49. The Hall–Kier alpha value is -4.32. The number of halogens is 3. The van der Waals surface area contributed by atoms with E-state index in [0.29, 0.717) is 22.2 Å². The van der Waals surface area contributed by atoms with Crippen LogP contribution in [0.3, 0.4) is 0 Å². The minimum atomic E-state index is -4.73. The molecule has 8 N–H and O–H groups in total. The molecule has 44 heavy (non-hydrogen) atoms. The third-order valence-corrected chi connectivity index (χ3v) is 8.94. The second kappa shape index (κ2) is 9.59. The summed E-state index contributed by atoms with van der Waals surface area (Å²) < 4.78 is 44.7. The topological polar surface area (TPSA) is 211 Å². The zero-order chi connectivity index (χ0) is 32.0. The molecule has 0 radical (unpaired) electrons. The zero-order valence-electron chi connectivity index (χ0n) is 23.8. The van der Waals surface area contributed by atoms with E-state index in [-0.39, 0.29) is 29.4 Å². The van der Waals surface area contributed by atoms with Crippen LogP contribution >= 0.6 is 0 Å². The van der Waals surface area contributed by atoms with E-state index in [0.717, 1.165) is 12.0 Å². The molecule has 0 aromatic heterocycles. The normalized spacial score (nSPS) is 30.2. The lowest BCUT2D eigenvalue weighted by atomic mass is 9.79. The van der Waals surface area contributed by atoms with Gasteiger partial charge in [-0.05, 0) is 17.9 Å². The van der Waals surface area contributed by atoms with Crippen molar-refractivity contribution in [2.75, 3.05) is 32.8 Å². The van der Waals surface area contributed by atoms with E-state index in [9.17, 15) is 37.8 Å². The summed E-state index contributed by atoms with van der Waals surface area (Å²) >= 11 is 0. The number of carbonyl (C=O) groups is 3. The van der Waals surface area contributed by atoms with Crippen LogP contribution < -0.4 is 26.8 Å². The SMILES string of the molecule is CC1(C)CCOc2c(C(=O)NC3CN4C(N)=N[C@@H](CN5C(=O)CN(CC(F)(F)F)C5=O)[C@@H]5N=C(N)NC54C3(O)O)cccc21. The molecule has 2 fully saturated rings. The molecule has 0 bridgehead atoms. The molecule has 1 aromatic rings. The first-order valence-electron chi connectivity index (χ1n) is 13.9. The number of aliphatic imine (C=N–C) groups is 2. The molecule has 15 nitrogen and oxygen atoms in total. The molecular weight excluding hydrogens is 591 g/mol. The van der Waals surface area contributed by atoms with Gasteiger partial charge in [0.2, 0.25) is 11.7 Å². The molecule has 0 aliphatic carbocycles. The van der Waals surface area contributed by atoms with Crippen molar-refractivity contribution >= 4 is 29.8 Å². The number of nitrogens with zero attached hydrogens (tertiary/aromatic N) is 5. The number of benzene rings is 1. The number of guanidine groups is 2. The predicted octanol–water partition coefficient (Wildman–Crippen LogP) is -1.65. The minimum absolute atomic E-state index is 0.189. The highest BCUT2D eigenvalue weighted by atomic mass is 19.4. The molecule has 5 aliphatic heterocycles. The number of amides is 4. The molecule has 0 saturated carbocycles. The van der Waals surface area contributed by atoms with Crippen LogP contribution in [0.4, 0.5) is 18.0 Å². The molecule has 18 heteroatoms. The van der Waals surface area contributed by atoms with E-state index in [4.69, 9.17) is 16.2 Å². The first-order valence-corrected chi connectivity index (χ1v) is 13.9. The van der Waals surface area contributed by atoms with Crippen LogP contribution in [0.5, 0.6) is 5.75 Å². The Labute approximate surface area is 248 Å². The molecule has 2 saturated heterocycles. The van der Waals surface area contributed by atoms with Crippen molar-refractivity contribution in [2.24, 2.45) is 21.5 Å². The number of hydrogen-bond acceptors (Lipinski definition) is 12. The fourth-order valence-electron chi connectivity index (χ4n) is 6.72. The Morgan fingerprint density at radius 1 is 1.23 bits per heavy atom. The van der Waals surface area contributed by atoms with E-state index >= 15 is 0 Å². The van der Waals surface area contributed by atoms with Crippen molar-refractivity contribution in [3.8, 4) is 5.75 Å². The summed E-state index contributed by atoms with van der Waals surface area (Å²) in [5.74, 6) is -4.50. The number of alkyl halides is 3. The molecule has 2 unspecified atom stereocenters. The van der Waals surface area contributed by atoms with Gasteiger partial charge in [0, 0.05) is 12.1 Å².